The summed E-state index contributed by atoms with van der Waals surface area (Å²) in [5.74, 6) is -0.497. The first-order valence-electron chi connectivity index (χ1n) is 13.1. The Kier molecular flexibility index (Phi) is 8.18. The minimum absolute atomic E-state index is 0.0749. The molecule has 206 valence electrons. The molecule has 5 rings (SSSR count). The van der Waals surface area contributed by atoms with Gasteiger partial charge in [0, 0.05) is 49.6 Å². The molecule has 0 aliphatic carbocycles. The van der Waals surface area contributed by atoms with Gasteiger partial charge < -0.3 is 15.1 Å². The summed E-state index contributed by atoms with van der Waals surface area (Å²) in [5, 5.41) is 5.63. The maximum Gasteiger partial charge on any atom is 0.245 e. The second-order valence-electron chi connectivity index (χ2n) is 10.2. The first-order chi connectivity index (χ1) is 18.7. The van der Waals surface area contributed by atoms with Crippen molar-refractivity contribution in [1.29, 1.82) is 0 Å². The molecule has 1 aromatic heterocycles. The lowest BCUT2D eigenvalue weighted by atomic mass is 10.0. The molecule has 2 unspecified atom stereocenters. The first kappa shape index (κ1) is 27.5. The van der Waals surface area contributed by atoms with Crippen molar-refractivity contribution in [1.82, 2.24) is 24.8 Å². The van der Waals surface area contributed by atoms with E-state index in [4.69, 9.17) is 11.6 Å². The Morgan fingerprint density at radius 2 is 1.92 bits per heavy atom. The number of benzene rings is 2. The highest BCUT2D eigenvalue weighted by Gasteiger charge is 2.40. The van der Waals surface area contributed by atoms with Gasteiger partial charge in [-0.15, -0.1) is 0 Å². The smallest absolute Gasteiger partial charge is 0.245 e. The Morgan fingerprint density at radius 3 is 2.72 bits per heavy atom. The standard InChI is InChI=1S/C28H32ClN5O4S/c1-19(27(35)33-12-3-5-24(18-33)31-17-20-4-2-11-30-16-20)34-13-10-26(28(34)36)32-39(37,38)25-9-7-21-14-23(29)8-6-22(21)15-25/h2,4,6-9,11,14-16,19,24,26,31-32H,3,5,10,12-13,17-18H2,1H3/t19-,24?,26?/m0/s1. The average Bonchev–Trinajstić information content (AvgIpc) is 3.30. The van der Waals surface area contributed by atoms with Gasteiger partial charge in [0.25, 0.3) is 0 Å². The van der Waals surface area contributed by atoms with Crippen molar-refractivity contribution < 1.29 is 18.0 Å². The third-order valence-corrected chi connectivity index (χ3v) is 9.20. The maximum absolute atomic E-state index is 13.4. The number of fused-ring (bicyclic) bond motifs is 1. The van der Waals surface area contributed by atoms with Crippen molar-refractivity contribution in [2.24, 2.45) is 0 Å². The number of carbonyl (C=O) groups excluding carboxylic acids is 2. The van der Waals surface area contributed by atoms with Crippen LogP contribution in [0.5, 0.6) is 0 Å². The van der Waals surface area contributed by atoms with Gasteiger partial charge in [0.15, 0.2) is 0 Å². The molecule has 2 N–H and O–H groups in total. The van der Waals surface area contributed by atoms with Gasteiger partial charge in [0.1, 0.15) is 12.1 Å². The SMILES string of the molecule is C[C@@H](C(=O)N1CCCC(NCc2cccnc2)C1)N1CCC(NS(=O)(=O)c2ccc3cc(Cl)ccc3c2)C1=O. The molecule has 0 saturated carbocycles. The van der Waals surface area contributed by atoms with E-state index in [2.05, 4.69) is 15.0 Å². The predicted molar refractivity (Wildman–Crippen MR) is 150 cm³/mol. The number of hydrogen-bond acceptors (Lipinski definition) is 6. The Balaban J connectivity index is 1.19. The van der Waals surface area contributed by atoms with Crippen LogP contribution in [0, 0.1) is 0 Å². The van der Waals surface area contributed by atoms with Gasteiger partial charge in [-0.1, -0.05) is 29.8 Å². The van der Waals surface area contributed by atoms with Crippen molar-refractivity contribution in [2.75, 3.05) is 19.6 Å². The molecular weight excluding hydrogens is 538 g/mol. The molecule has 0 spiro atoms. The van der Waals surface area contributed by atoms with Crippen molar-refractivity contribution in [3.8, 4) is 0 Å². The van der Waals surface area contributed by atoms with E-state index in [1.165, 1.54) is 11.0 Å². The second kappa shape index (κ2) is 11.6. The molecule has 2 saturated heterocycles. The highest BCUT2D eigenvalue weighted by Crippen LogP contribution is 2.24. The number of aromatic nitrogens is 1. The van der Waals surface area contributed by atoms with Crippen LogP contribution in [-0.4, -0.2) is 72.8 Å². The number of nitrogens with one attached hydrogen (secondary N) is 2. The molecule has 3 aromatic rings. The van der Waals surface area contributed by atoms with Crippen LogP contribution in [0.2, 0.25) is 5.02 Å². The van der Waals surface area contributed by atoms with E-state index in [1.54, 1.807) is 48.4 Å². The lowest BCUT2D eigenvalue weighted by Crippen LogP contribution is -2.54. The summed E-state index contributed by atoms with van der Waals surface area (Å²) < 4.78 is 28.8. The minimum atomic E-state index is -3.94. The minimum Gasteiger partial charge on any atom is -0.339 e. The first-order valence-corrected chi connectivity index (χ1v) is 15.0. The molecule has 9 nitrogen and oxygen atoms in total. The molecule has 0 bridgehead atoms. The summed E-state index contributed by atoms with van der Waals surface area (Å²) in [6.07, 6.45) is 5.69. The van der Waals surface area contributed by atoms with Crippen molar-refractivity contribution >= 4 is 44.2 Å². The van der Waals surface area contributed by atoms with Crippen LogP contribution in [0.1, 0.15) is 31.7 Å². The highest BCUT2D eigenvalue weighted by atomic mass is 35.5. The number of nitrogens with zero attached hydrogens (tertiary/aromatic N) is 3. The molecule has 2 aromatic carbocycles. The van der Waals surface area contributed by atoms with Crippen LogP contribution in [0.25, 0.3) is 10.8 Å². The van der Waals surface area contributed by atoms with Crippen molar-refractivity contribution in [2.45, 2.75) is 55.8 Å². The molecule has 3 heterocycles. The summed E-state index contributed by atoms with van der Waals surface area (Å²) in [4.78, 5) is 34.1. The van der Waals surface area contributed by atoms with E-state index in [9.17, 15) is 18.0 Å². The van der Waals surface area contributed by atoms with Gasteiger partial charge in [-0.2, -0.15) is 4.72 Å². The topological polar surface area (TPSA) is 112 Å². The normalized spacial score (nSPS) is 20.9. The monoisotopic (exact) mass is 569 g/mol. The zero-order valence-electron chi connectivity index (χ0n) is 21.7. The number of likely N-dealkylation sites (tertiary alicyclic amines) is 2. The molecule has 2 aliphatic rings. The van der Waals surface area contributed by atoms with E-state index < -0.39 is 22.1 Å². The van der Waals surface area contributed by atoms with Gasteiger partial charge in [-0.25, -0.2) is 8.42 Å². The van der Waals surface area contributed by atoms with E-state index in [1.807, 2.05) is 18.3 Å². The van der Waals surface area contributed by atoms with Crippen LogP contribution in [0.3, 0.4) is 0 Å². The van der Waals surface area contributed by atoms with Gasteiger partial charge in [0.05, 0.1) is 4.90 Å². The molecule has 2 amide bonds. The fourth-order valence-corrected chi connectivity index (χ4v) is 6.76. The Labute approximate surface area is 233 Å². The van der Waals surface area contributed by atoms with Gasteiger partial charge in [-0.3, -0.25) is 14.6 Å². The summed E-state index contributed by atoms with van der Waals surface area (Å²) in [6.45, 7) is 3.91. The molecule has 11 heteroatoms. The number of amides is 2. The predicted octanol–water partition coefficient (Wildman–Crippen LogP) is 2.94. The zero-order valence-corrected chi connectivity index (χ0v) is 23.3. The second-order valence-corrected chi connectivity index (χ2v) is 12.3. The largest absolute Gasteiger partial charge is 0.339 e. The van der Waals surface area contributed by atoms with Gasteiger partial charge in [0.2, 0.25) is 21.8 Å². The van der Waals surface area contributed by atoms with E-state index >= 15 is 0 Å². The van der Waals surface area contributed by atoms with Crippen LogP contribution in [0.4, 0.5) is 0 Å². The molecule has 39 heavy (non-hydrogen) atoms. The molecule has 2 aliphatic heterocycles. The van der Waals surface area contributed by atoms with Crippen LogP contribution >= 0.6 is 11.6 Å². The van der Waals surface area contributed by atoms with Crippen LogP contribution in [0.15, 0.2) is 65.8 Å². The fraction of sp³-hybridized carbons (Fsp3) is 0.393. The molecule has 2 fully saturated rings. The summed E-state index contributed by atoms with van der Waals surface area (Å²) in [5.41, 5.74) is 1.08. The van der Waals surface area contributed by atoms with E-state index in [0.717, 1.165) is 29.2 Å². The molecule has 3 atom stereocenters. The van der Waals surface area contributed by atoms with Crippen molar-refractivity contribution in [3.05, 3.63) is 71.5 Å². The van der Waals surface area contributed by atoms with Gasteiger partial charge >= 0.3 is 0 Å². The Morgan fingerprint density at radius 1 is 1.13 bits per heavy atom. The molecule has 0 radical (unpaired) electrons. The Bertz CT molecular complexity index is 1470. The number of hydrogen-bond donors (Lipinski definition) is 2. The summed E-state index contributed by atoms with van der Waals surface area (Å²) >= 11 is 6.03. The lowest BCUT2D eigenvalue weighted by molar-refractivity contribution is -0.144. The number of pyridine rings is 1. The summed E-state index contributed by atoms with van der Waals surface area (Å²) in [7, 11) is -3.94. The van der Waals surface area contributed by atoms with E-state index in [-0.39, 0.29) is 22.8 Å². The number of rotatable bonds is 8. The highest BCUT2D eigenvalue weighted by molar-refractivity contribution is 7.89. The van der Waals surface area contributed by atoms with Crippen molar-refractivity contribution in [3.63, 3.8) is 0 Å². The molecular formula is C28H32ClN5O4S. The van der Waals surface area contributed by atoms with Gasteiger partial charge in [-0.05, 0) is 72.9 Å². The number of sulfonamides is 1. The Hall–Kier alpha value is -3.05. The number of piperidine rings is 1. The fourth-order valence-electron chi connectivity index (χ4n) is 5.32. The van der Waals surface area contributed by atoms with Crippen LogP contribution in [-0.2, 0) is 26.2 Å². The average molecular weight is 570 g/mol. The van der Waals surface area contributed by atoms with Crippen LogP contribution < -0.4 is 10.0 Å². The summed E-state index contributed by atoms with van der Waals surface area (Å²) in [6, 6.07) is 12.4. The third kappa shape index (κ3) is 6.24. The van der Waals surface area contributed by atoms with E-state index in [0.29, 0.717) is 37.6 Å². The maximum atomic E-state index is 13.4. The third-order valence-electron chi connectivity index (χ3n) is 7.50. The quantitative estimate of drug-likeness (QED) is 0.431. The lowest BCUT2D eigenvalue weighted by Gasteiger charge is -2.36. The number of halogens is 1. The number of carbonyl (C=O) groups is 2. The zero-order chi connectivity index (χ0) is 27.6.